The molecule has 4 rings (SSSR count). The number of anilines is 1. The van der Waals surface area contributed by atoms with Crippen LogP contribution in [0.5, 0.6) is 0 Å². The number of carbonyl (C=O) groups excluding carboxylic acids is 1. The fraction of sp³-hybridized carbons (Fsp3) is 0.476. The second kappa shape index (κ2) is 7.80. The van der Waals surface area contributed by atoms with Crippen LogP contribution < -0.4 is 4.90 Å². The fourth-order valence-electron chi connectivity index (χ4n) is 3.98. The van der Waals surface area contributed by atoms with E-state index in [9.17, 15) is 4.79 Å². The molecule has 2 aromatic heterocycles. The lowest BCUT2D eigenvalue weighted by atomic mass is 9.88. The standard InChI is InChI=1S/C21H26N4OS/c1-15-13-16(2)19-18(14-15)27-21(23-19)25(12-11-24-10-6-9-22-24)20(26)17-7-4-3-5-8-17/h6,9-10,13-14,17H,3-5,7-8,11-12H2,1-2H3. The van der Waals surface area contributed by atoms with Crippen molar-refractivity contribution in [2.24, 2.45) is 5.92 Å². The van der Waals surface area contributed by atoms with E-state index in [4.69, 9.17) is 4.98 Å². The first kappa shape index (κ1) is 18.2. The third kappa shape index (κ3) is 3.90. The molecule has 0 N–H and O–H groups in total. The van der Waals surface area contributed by atoms with Gasteiger partial charge < -0.3 is 0 Å². The van der Waals surface area contributed by atoms with E-state index < -0.39 is 0 Å². The zero-order valence-electron chi connectivity index (χ0n) is 16.0. The summed E-state index contributed by atoms with van der Waals surface area (Å²) in [4.78, 5) is 20.1. The number of hydrogen-bond donors (Lipinski definition) is 0. The normalized spacial score (nSPS) is 15.3. The number of nitrogens with zero attached hydrogens (tertiary/aromatic N) is 4. The van der Waals surface area contributed by atoms with Crippen molar-refractivity contribution in [3.8, 4) is 0 Å². The van der Waals surface area contributed by atoms with Crippen LogP contribution in [-0.2, 0) is 11.3 Å². The minimum Gasteiger partial charge on any atom is -0.286 e. The lowest BCUT2D eigenvalue weighted by Gasteiger charge is -2.27. The lowest BCUT2D eigenvalue weighted by molar-refractivity contribution is -0.123. The molecule has 5 nitrogen and oxygen atoms in total. The van der Waals surface area contributed by atoms with Crippen molar-refractivity contribution in [3.63, 3.8) is 0 Å². The van der Waals surface area contributed by atoms with Gasteiger partial charge in [0.25, 0.3) is 0 Å². The van der Waals surface area contributed by atoms with Gasteiger partial charge in [-0.3, -0.25) is 14.4 Å². The SMILES string of the molecule is Cc1cc(C)c2nc(N(CCn3cccn3)C(=O)C3CCCCC3)sc2c1. The maximum absolute atomic E-state index is 13.3. The summed E-state index contributed by atoms with van der Waals surface area (Å²) in [5, 5.41) is 5.10. The summed E-state index contributed by atoms with van der Waals surface area (Å²) >= 11 is 1.63. The molecule has 1 aromatic carbocycles. The van der Waals surface area contributed by atoms with E-state index in [0.29, 0.717) is 13.1 Å². The van der Waals surface area contributed by atoms with Crippen molar-refractivity contribution in [2.75, 3.05) is 11.4 Å². The second-order valence-electron chi connectivity index (χ2n) is 7.52. The van der Waals surface area contributed by atoms with Crippen LogP contribution in [0.3, 0.4) is 0 Å². The van der Waals surface area contributed by atoms with E-state index in [0.717, 1.165) is 41.0 Å². The summed E-state index contributed by atoms with van der Waals surface area (Å²) in [6.07, 6.45) is 9.27. The Labute approximate surface area is 164 Å². The van der Waals surface area contributed by atoms with E-state index in [1.165, 1.54) is 17.5 Å². The fourth-order valence-corrected chi connectivity index (χ4v) is 5.15. The number of benzene rings is 1. The van der Waals surface area contributed by atoms with Gasteiger partial charge in [-0.15, -0.1) is 0 Å². The number of thiazole rings is 1. The average molecular weight is 383 g/mol. The first-order valence-corrected chi connectivity index (χ1v) is 10.6. The van der Waals surface area contributed by atoms with Crippen LogP contribution in [0.25, 0.3) is 10.2 Å². The van der Waals surface area contributed by atoms with E-state index in [1.807, 2.05) is 21.8 Å². The van der Waals surface area contributed by atoms with Crippen molar-refractivity contribution in [1.82, 2.24) is 14.8 Å². The molecule has 6 heteroatoms. The van der Waals surface area contributed by atoms with Gasteiger partial charge in [-0.2, -0.15) is 5.10 Å². The third-order valence-corrected chi connectivity index (χ3v) is 6.41. The average Bonchev–Trinajstić information content (AvgIpc) is 3.32. The van der Waals surface area contributed by atoms with Gasteiger partial charge >= 0.3 is 0 Å². The molecular formula is C21H26N4OS. The van der Waals surface area contributed by atoms with Crippen molar-refractivity contribution < 1.29 is 4.79 Å². The van der Waals surface area contributed by atoms with E-state index in [1.54, 1.807) is 17.5 Å². The predicted molar refractivity (Wildman–Crippen MR) is 110 cm³/mol. The summed E-state index contributed by atoms with van der Waals surface area (Å²) in [6, 6.07) is 6.24. The molecule has 27 heavy (non-hydrogen) atoms. The Bertz CT molecular complexity index is 925. The highest BCUT2D eigenvalue weighted by Gasteiger charge is 2.28. The zero-order chi connectivity index (χ0) is 18.8. The summed E-state index contributed by atoms with van der Waals surface area (Å²) < 4.78 is 3.03. The second-order valence-corrected chi connectivity index (χ2v) is 8.53. The Morgan fingerprint density at radius 2 is 2.07 bits per heavy atom. The molecule has 1 aliphatic rings. The van der Waals surface area contributed by atoms with Gasteiger partial charge in [0.05, 0.1) is 16.8 Å². The quantitative estimate of drug-likeness (QED) is 0.641. The molecular weight excluding hydrogens is 356 g/mol. The van der Waals surface area contributed by atoms with Gasteiger partial charge in [0.2, 0.25) is 5.91 Å². The van der Waals surface area contributed by atoms with Crippen LogP contribution in [0.2, 0.25) is 0 Å². The Kier molecular flexibility index (Phi) is 5.25. The molecule has 1 aliphatic carbocycles. The van der Waals surface area contributed by atoms with Crippen LogP contribution in [-0.4, -0.2) is 27.2 Å². The topological polar surface area (TPSA) is 51.0 Å². The lowest BCUT2D eigenvalue weighted by Crippen LogP contribution is -2.39. The van der Waals surface area contributed by atoms with E-state index >= 15 is 0 Å². The predicted octanol–water partition coefficient (Wildman–Crippen LogP) is 4.72. The number of amides is 1. The summed E-state index contributed by atoms with van der Waals surface area (Å²) in [7, 11) is 0. The van der Waals surface area contributed by atoms with Crippen LogP contribution in [0.1, 0.15) is 43.2 Å². The first-order chi connectivity index (χ1) is 13.1. The first-order valence-electron chi connectivity index (χ1n) is 9.78. The largest absolute Gasteiger partial charge is 0.286 e. The number of aromatic nitrogens is 3. The highest BCUT2D eigenvalue weighted by molar-refractivity contribution is 7.22. The highest BCUT2D eigenvalue weighted by atomic mass is 32.1. The van der Waals surface area contributed by atoms with Crippen LogP contribution in [0.4, 0.5) is 5.13 Å². The Hall–Kier alpha value is -2.21. The van der Waals surface area contributed by atoms with Gasteiger partial charge in [0, 0.05) is 24.9 Å². The summed E-state index contributed by atoms with van der Waals surface area (Å²) in [5.41, 5.74) is 3.42. The molecule has 0 bridgehead atoms. The van der Waals surface area contributed by atoms with Gasteiger partial charge in [0.15, 0.2) is 5.13 Å². The molecule has 1 fully saturated rings. The number of fused-ring (bicyclic) bond motifs is 1. The zero-order valence-corrected chi connectivity index (χ0v) is 16.8. The van der Waals surface area contributed by atoms with Crippen molar-refractivity contribution in [2.45, 2.75) is 52.5 Å². The maximum Gasteiger partial charge on any atom is 0.231 e. The molecule has 1 amide bonds. The number of rotatable bonds is 5. The molecule has 0 atom stereocenters. The number of hydrogen-bond acceptors (Lipinski definition) is 4. The minimum atomic E-state index is 0.131. The van der Waals surface area contributed by atoms with Gasteiger partial charge in [-0.25, -0.2) is 4.98 Å². The molecule has 0 aliphatic heterocycles. The molecule has 0 radical (unpaired) electrons. The highest BCUT2D eigenvalue weighted by Crippen LogP contribution is 2.34. The molecule has 0 spiro atoms. The Morgan fingerprint density at radius 3 is 2.81 bits per heavy atom. The summed E-state index contributed by atoms with van der Waals surface area (Å²) in [5.74, 6) is 0.363. The minimum absolute atomic E-state index is 0.131. The maximum atomic E-state index is 13.3. The van der Waals surface area contributed by atoms with Crippen LogP contribution >= 0.6 is 11.3 Å². The Morgan fingerprint density at radius 1 is 1.26 bits per heavy atom. The van der Waals surface area contributed by atoms with E-state index in [-0.39, 0.29) is 11.8 Å². The van der Waals surface area contributed by atoms with Crippen molar-refractivity contribution in [3.05, 3.63) is 41.7 Å². The molecule has 0 saturated heterocycles. The Balaban J connectivity index is 1.65. The van der Waals surface area contributed by atoms with Gasteiger partial charge in [-0.1, -0.05) is 36.7 Å². The number of aryl methyl sites for hydroxylation is 2. The molecule has 0 unspecified atom stereocenters. The van der Waals surface area contributed by atoms with Crippen LogP contribution in [0.15, 0.2) is 30.6 Å². The number of carbonyl (C=O) groups is 1. The monoisotopic (exact) mass is 382 g/mol. The van der Waals surface area contributed by atoms with Crippen molar-refractivity contribution in [1.29, 1.82) is 0 Å². The van der Waals surface area contributed by atoms with Gasteiger partial charge in [0.1, 0.15) is 0 Å². The molecule has 1 saturated carbocycles. The summed E-state index contributed by atoms with van der Waals surface area (Å²) in [6.45, 7) is 5.48. The van der Waals surface area contributed by atoms with Crippen LogP contribution in [0, 0.1) is 19.8 Å². The molecule has 142 valence electrons. The molecule has 3 aromatic rings. The molecule has 2 heterocycles. The van der Waals surface area contributed by atoms with Crippen molar-refractivity contribution >= 4 is 32.6 Å². The smallest absolute Gasteiger partial charge is 0.231 e. The van der Waals surface area contributed by atoms with Gasteiger partial charge in [-0.05, 0) is 49.9 Å². The third-order valence-electron chi connectivity index (χ3n) is 5.38. The van der Waals surface area contributed by atoms with E-state index in [2.05, 4.69) is 31.1 Å².